The highest BCUT2D eigenvalue weighted by Crippen LogP contribution is 2.04. The van der Waals surface area contributed by atoms with Gasteiger partial charge in [0.1, 0.15) is 6.67 Å². The number of halogens is 1. The summed E-state index contributed by atoms with van der Waals surface area (Å²) in [4.78, 5) is 0. The SMILES string of the molecule is C[C@@H](N)c1ccn(CCF)n1. The van der Waals surface area contributed by atoms with E-state index in [-0.39, 0.29) is 12.7 Å². The van der Waals surface area contributed by atoms with Crippen LogP contribution < -0.4 is 5.73 Å². The Morgan fingerprint density at radius 1 is 1.82 bits per heavy atom. The van der Waals surface area contributed by atoms with Crippen molar-refractivity contribution in [1.82, 2.24) is 9.78 Å². The molecule has 1 atom stereocenters. The van der Waals surface area contributed by atoms with Crippen molar-refractivity contribution in [2.24, 2.45) is 5.73 Å². The first-order valence-corrected chi connectivity index (χ1v) is 3.59. The van der Waals surface area contributed by atoms with E-state index in [1.807, 2.05) is 6.92 Å². The van der Waals surface area contributed by atoms with Crippen molar-refractivity contribution >= 4 is 0 Å². The molecule has 62 valence electrons. The van der Waals surface area contributed by atoms with Gasteiger partial charge < -0.3 is 5.73 Å². The minimum absolute atomic E-state index is 0.0733. The third-order valence-electron chi connectivity index (χ3n) is 1.44. The van der Waals surface area contributed by atoms with E-state index in [0.717, 1.165) is 5.69 Å². The van der Waals surface area contributed by atoms with Gasteiger partial charge in [-0.25, -0.2) is 4.39 Å². The Morgan fingerprint density at radius 3 is 3.00 bits per heavy atom. The highest BCUT2D eigenvalue weighted by atomic mass is 19.1. The topological polar surface area (TPSA) is 43.8 Å². The number of hydrogen-bond acceptors (Lipinski definition) is 2. The van der Waals surface area contributed by atoms with E-state index in [1.54, 1.807) is 16.9 Å². The lowest BCUT2D eigenvalue weighted by Gasteiger charge is -1.98. The highest BCUT2D eigenvalue weighted by Gasteiger charge is 2.02. The van der Waals surface area contributed by atoms with Gasteiger partial charge in [0.15, 0.2) is 0 Å². The standard InChI is InChI=1S/C7H12FN3/c1-6(9)7-2-4-11(10-7)5-3-8/h2,4,6H,3,5,9H2,1H3/t6-/m1/s1. The summed E-state index contributed by atoms with van der Waals surface area (Å²) in [7, 11) is 0. The summed E-state index contributed by atoms with van der Waals surface area (Å²) in [6.07, 6.45) is 1.73. The van der Waals surface area contributed by atoms with Crippen molar-refractivity contribution in [3.63, 3.8) is 0 Å². The quantitative estimate of drug-likeness (QED) is 0.707. The number of nitrogens with two attached hydrogens (primary N) is 1. The molecular formula is C7H12FN3. The van der Waals surface area contributed by atoms with Crippen LogP contribution in [0.1, 0.15) is 18.7 Å². The summed E-state index contributed by atoms with van der Waals surface area (Å²) >= 11 is 0. The van der Waals surface area contributed by atoms with Gasteiger partial charge in [-0.1, -0.05) is 0 Å². The van der Waals surface area contributed by atoms with Crippen molar-refractivity contribution in [2.75, 3.05) is 6.67 Å². The van der Waals surface area contributed by atoms with Crippen molar-refractivity contribution in [2.45, 2.75) is 19.5 Å². The molecule has 0 saturated heterocycles. The van der Waals surface area contributed by atoms with E-state index < -0.39 is 0 Å². The maximum absolute atomic E-state index is 11.8. The van der Waals surface area contributed by atoms with E-state index >= 15 is 0 Å². The molecule has 0 saturated carbocycles. The minimum Gasteiger partial charge on any atom is -0.323 e. The molecular weight excluding hydrogens is 145 g/mol. The van der Waals surface area contributed by atoms with Crippen molar-refractivity contribution in [3.05, 3.63) is 18.0 Å². The van der Waals surface area contributed by atoms with Crippen LogP contribution in [0.2, 0.25) is 0 Å². The number of nitrogens with zero attached hydrogens (tertiary/aromatic N) is 2. The summed E-state index contributed by atoms with van der Waals surface area (Å²) in [5, 5.41) is 4.05. The van der Waals surface area contributed by atoms with Crippen LogP contribution in [0.4, 0.5) is 4.39 Å². The molecule has 0 aliphatic carbocycles. The van der Waals surface area contributed by atoms with Crippen LogP contribution in [0.5, 0.6) is 0 Å². The van der Waals surface area contributed by atoms with Gasteiger partial charge in [-0.05, 0) is 13.0 Å². The molecule has 0 aliphatic heterocycles. The molecule has 0 aromatic carbocycles. The van der Waals surface area contributed by atoms with E-state index in [1.165, 1.54) is 0 Å². The molecule has 0 spiro atoms. The van der Waals surface area contributed by atoms with Crippen LogP contribution in [-0.4, -0.2) is 16.5 Å². The Bertz CT molecular complexity index is 219. The highest BCUT2D eigenvalue weighted by molar-refractivity contribution is 5.02. The molecule has 1 aromatic heterocycles. The molecule has 2 N–H and O–H groups in total. The Balaban J connectivity index is 2.66. The van der Waals surface area contributed by atoms with Crippen molar-refractivity contribution < 1.29 is 4.39 Å². The predicted molar refractivity (Wildman–Crippen MR) is 40.8 cm³/mol. The summed E-state index contributed by atoms with van der Waals surface area (Å²) in [5.74, 6) is 0. The van der Waals surface area contributed by atoms with Gasteiger partial charge in [0.2, 0.25) is 0 Å². The number of aryl methyl sites for hydroxylation is 1. The molecule has 4 heteroatoms. The summed E-state index contributed by atoms with van der Waals surface area (Å²) in [6.45, 7) is 1.77. The zero-order valence-corrected chi connectivity index (χ0v) is 6.50. The van der Waals surface area contributed by atoms with Gasteiger partial charge in [0.05, 0.1) is 12.2 Å². The maximum atomic E-state index is 11.8. The lowest BCUT2D eigenvalue weighted by Crippen LogP contribution is -2.07. The number of alkyl halides is 1. The zero-order chi connectivity index (χ0) is 8.27. The van der Waals surface area contributed by atoms with Crippen molar-refractivity contribution in [1.29, 1.82) is 0 Å². The molecule has 1 rings (SSSR count). The first-order valence-electron chi connectivity index (χ1n) is 3.59. The Hall–Kier alpha value is -0.900. The summed E-state index contributed by atoms with van der Waals surface area (Å²) < 4.78 is 13.4. The summed E-state index contributed by atoms with van der Waals surface area (Å²) in [6, 6.07) is 1.73. The van der Waals surface area contributed by atoms with Gasteiger partial charge >= 0.3 is 0 Å². The molecule has 0 aliphatic rings. The zero-order valence-electron chi connectivity index (χ0n) is 6.50. The van der Waals surface area contributed by atoms with E-state index in [9.17, 15) is 4.39 Å². The molecule has 1 heterocycles. The van der Waals surface area contributed by atoms with Gasteiger partial charge in [0, 0.05) is 12.2 Å². The van der Waals surface area contributed by atoms with Crippen LogP contribution >= 0.6 is 0 Å². The normalized spacial score (nSPS) is 13.4. The fourth-order valence-electron chi connectivity index (χ4n) is 0.831. The molecule has 11 heavy (non-hydrogen) atoms. The van der Waals surface area contributed by atoms with Crippen LogP contribution in [0.15, 0.2) is 12.3 Å². The van der Waals surface area contributed by atoms with E-state index in [2.05, 4.69) is 5.10 Å². The maximum Gasteiger partial charge on any atom is 0.109 e. The fourth-order valence-corrected chi connectivity index (χ4v) is 0.831. The minimum atomic E-state index is -0.389. The number of aromatic nitrogens is 2. The van der Waals surface area contributed by atoms with Crippen LogP contribution in [0.3, 0.4) is 0 Å². The lowest BCUT2D eigenvalue weighted by molar-refractivity contribution is 0.425. The van der Waals surface area contributed by atoms with Crippen molar-refractivity contribution in [3.8, 4) is 0 Å². The molecule has 0 radical (unpaired) electrons. The summed E-state index contributed by atoms with van der Waals surface area (Å²) in [5.41, 5.74) is 6.36. The van der Waals surface area contributed by atoms with E-state index in [0.29, 0.717) is 6.54 Å². The predicted octanol–water partition coefficient (Wildman–Crippen LogP) is 0.872. The fraction of sp³-hybridized carbons (Fsp3) is 0.571. The van der Waals surface area contributed by atoms with Gasteiger partial charge in [-0.15, -0.1) is 0 Å². The average molecular weight is 157 g/mol. The second kappa shape index (κ2) is 3.48. The third kappa shape index (κ3) is 2.01. The second-order valence-electron chi connectivity index (χ2n) is 2.48. The van der Waals surface area contributed by atoms with Gasteiger partial charge in [0.25, 0.3) is 0 Å². The third-order valence-corrected chi connectivity index (χ3v) is 1.44. The first kappa shape index (κ1) is 8.20. The molecule has 0 amide bonds. The van der Waals surface area contributed by atoms with Crippen LogP contribution in [-0.2, 0) is 6.54 Å². The monoisotopic (exact) mass is 157 g/mol. The van der Waals surface area contributed by atoms with E-state index in [4.69, 9.17) is 5.73 Å². The number of rotatable bonds is 3. The second-order valence-corrected chi connectivity index (χ2v) is 2.48. The molecule has 0 fully saturated rings. The Morgan fingerprint density at radius 2 is 2.55 bits per heavy atom. The van der Waals surface area contributed by atoms with Crippen LogP contribution in [0.25, 0.3) is 0 Å². The molecule has 3 nitrogen and oxygen atoms in total. The smallest absolute Gasteiger partial charge is 0.109 e. The van der Waals surface area contributed by atoms with Crippen LogP contribution in [0, 0.1) is 0 Å². The Labute approximate surface area is 65.0 Å². The van der Waals surface area contributed by atoms with Gasteiger partial charge in [-0.3, -0.25) is 4.68 Å². The largest absolute Gasteiger partial charge is 0.323 e. The molecule has 0 bridgehead atoms. The molecule has 1 aromatic rings. The molecule has 0 unspecified atom stereocenters. The number of hydrogen-bond donors (Lipinski definition) is 1. The lowest BCUT2D eigenvalue weighted by atomic mass is 10.3. The Kier molecular flexibility index (Phi) is 2.59. The average Bonchev–Trinajstić information content (AvgIpc) is 2.37. The first-order chi connectivity index (χ1) is 5.24. The van der Waals surface area contributed by atoms with Gasteiger partial charge in [-0.2, -0.15) is 5.10 Å².